The van der Waals surface area contributed by atoms with Crippen LogP contribution in [0.2, 0.25) is 5.15 Å². The van der Waals surface area contributed by atoms with Gasteiger partial charge < -0.3 is 9.47 Å². The summed E-state index contributed by atoms with van der Waals surface area (Å²) in [6, 6.07) is 0. The summed E-state index contributed by atoms with van der Waals surface area (Å²) in [5.41, 5.74) is 1.32. The van der Waals surface area contributed by atoms with E-state index in [1.54, 1.807) is 6.33 Å². The lowest BCUT2D eigenvalue weighted by molar-refractivity contribution is -0.0377. The molecule has 0 N–H and O–H groups in total. The Hall–Kier alpha value is -1.24. The minimum atomic E-state index is -0.0542. The summed E-state index contributed by atoms with van der Waals surface area (Å²) in [5.74, 6) is 0. The predicted molar refractivity (Wildman–Crippen MR) is 70.0 cm³/mol. The van der Waals surface area contributed by atoms with Gasteiger partial charge in [-0.05, 0) is 19.8 Å². The Labute approximate surface area is 115 Å². The van der Waals surface area contributed by atoms with Crippen molar-refractivity contribution in [1.82, 2.24) is 19.5 Å². The average Bonchev–Trinajstić information content (AvgIpc) is 3.02. The van der Waals surface area contributed by atoms with Gasteiger partial charge in [-0.3, -0.25) is 4.57 Å². The SMILES string of the molecule is CCOCC1CC[C@H](n2cnc3c(Cl)ncnc32)O1. The average molecular weight is 283 g/mol. The summed E-state index contributed by atoms with van der Waals surface area (Å²) >= 11 is 5.99. The van der Waals surface area contributed by atoms with Gasteiger partial charge >= 0.3 is 0 Å². The molecule has 1 aliphatic heterocycles. The highest BCUT2D eigenvalue weighted by molar-refractivity contribution is 6.33. The van der Waals surface area contributed by atoms with Gasteiger partial charge in [0.15, 0.2) is 10.8 Å². The van der Waals surface area contributed by atoms with E-state index in [4.69, 9.17) is 21.1 Å². The lowest BCUT2D eigenvalue weighted by Gasteiger charge is -2.15. The maximum atomic E-state index is 5.99. The number of fused-ring (bicyclic) bond motifs is 1. The summed E-state index contributed by atoms with van der Waals surface area (Å²) in [7, 11) is 0. The number of hydrogen-bond acceptors (Lipinski definition) is 5. The molecule has 2 atom stereocenters. The Morgan fingerprint density at radius 1 is 1.42 bits per heavy atom. The lowest BCUT2D eigenvalue weighted by Crippen LogP contribution is -2.16. The molecular weight excluding hydrogens is 268 g/mol. The fraction of sp³-hybridized carbons (Fsp3) is 0.583. The van der Waals surface area contributed by atoms with Gasteiger partial charge in [0.25, 0.3) is 0 Å². The smallest absolute Gasteiger partial charge is 0.166 e. The first kappa shape index (κ1) is 12.8. The maximum absolute atomic E-state index is 5.99. The van der Waals surface area contributed by atoms with Crippen molar-refractivity contribution in [2.75, 3.05) is 13.2 Å². The monoisotopic (exact) mass is 282 g/mol. The van der Waals surface area contributed by atoms with Gasteiger partial charge in [-0.2, -0.15) is 0 Å². The molecule has 0 aliphatic carbocycles. The number of nitrogens with zero attached hydrogens (tertiary/aromatic N) is 4. The number of hydrogen-bond donors (Lipinski definition) is 0. The van der Waals surface area contributed by atoms with Crippen LogP contribution in [-0.2, 0) is 9.47 Å². The van der Waals surface area contributed by atoms with E-state index in [0.29, 0.717) is 29.5 Å². The van der Waals surface area contributed by atoms with Gasteiger partial charge in [0, 0.05) is 6.61 Å². The zero-order valence-corrected chi connectivity index (χ0v) is 11.4. The summed E-state index contributed by atoms with van der Waals surface area (Å²) < 4.78 is 13.3. The van der Waals surface area contributed by atoms with Crippen molar-refractivity contribution in [2.45, 2.75) is 32.1 Å². The van der Waals surface area contributed by atoms with Crippen LogP contribution in [0.25, 0.3) is 11.2 Å². The van der Waals surface area contributed by atoms with Crippen molar-refractivity contribution in [2.24, 2.45) is 0 Å². The van der Waals surface area contributed by atoms with Crippen LogP contribution in [0.3, 0.4) is 0 Å². The zero-order chi connectivity index (χ0) is 13.2. The van der Waals surface area contributed by atoms with E-state index in [9.17, 15) is 0 Å². The molecule has 3 rings (SSSR count). The van der Waals surface area contributed by atoms with Crippen LogP contribution in [0.5, 0.6) is 0 Å². The molecule has 2 aromatic heterocycles. The zero-order valence-electron chi connectivity index (χ0n) is 10.6. The Kier molecular flexibility index (Phi) is 3.63. The fourth-order valence-electron chi connectivity index (χ4n) is 2.30. The Morgan fingerprint density at radius 3 is 3.16 bits per heavy atom. The van der Waals surface area contributed by atoms with Crippen LogP contribution in [0.4, 0.5) is 0 Å². The van der Waals surface area contributed by atoms with Gasteiger partial charge in [-0.1, -0.05) is 11.6 Å². The summed E-state index contributed by atoms with van der Waals surface area (Å²) in [4.78, 5) is 12.4. The Bertz CT molecular complexity index is 574. The van der Waals surface area contributed by atoms with Crippen LogP contribution < -0.4 is 0 Å². The first-order valence-corrected chi connectivity index (χ1v) is 6.73. The molecule has 0 spiro atoms. The third-order valence-corrected chi connectivity index (χ3v) is 3.49. The summed E-state index contributed by atoms with van der Waals surface area (Å²) in [6.07, 6.45) is 5.13. The normalized spacial score (nSPS) is 23.3. The third kappa shape index (κ3) is 2.43. The van der Waals surface area contributed by atoms with E-state index in [0.717, 1.165) is 12.8 Å². The molecule has 102 valence electrons. The van der Waals surface area contributed by atoms with Gasteiger partial charge in [0.1, 0.15) is 18.1 Å². The van der Waals surface area contributed by atoms with E-state index >= 15 is 0 Å². The number of aromatic nitrogens is 4. The van der Waals surface area contributed by atoms with Crippen molar-refractivity contribution < 1.29 is 9.47 Å². The molecule has 3 heterocycles. The predicted octanol–water partition coefficient (Wildman–Crippen LogP) is 2.19. The molecule has 1 saturated heterocycles. The number of imidazole rings is 1. The standard InChI is InChI=1S/C12H15ClN4O2/c1-2-18-5-8-3-4-9(19-8)17-7-16-10-11(13)14-6-15-12(10)17/h6-9H,2-5H2,1H3/t8?,9-/m1/s1. The summed E-state index contributed by atoms with van der Waals surface area (Å²) in [5, 5.41) is 0.368. The van der Waals surface area contributed by atoms with Crippen LogP contribution in [0.15, 0.2) is 12.7 Å². The topological polar surface area (TPSA) is 62.1 Å². The first-order chi connectivity index (χ1) is 9.29. The van der Waals surface area contributed by atoms with Gasteiger partial charge in [-0.25, -0.2) is 15.0 Å². The number of ether oxygens (including phenoxy) is 2. The summed E-state index contributed by atoms with van der Waals surface area (Å²) in [6.45, 7) is 3.32. The molecule has 0 amide bonds. The van der Waals surface area contributed by atoms with Gasteiger partial charge in [-0.15, -0.1) is 0 Å². The van der Waals surface area contributed by atoms with Gasteiger partial charge in [0.2, 0.25) is 0 Å². The molecule has 0 bridgehead atoms. The van der Waals surface area contributed by atoms with Crippen LogP contribution in [-0.4, -0.2) is 38.8 Å². The highest BCUT2D eigenvalue weighted by atomic mass is 35.5. The molecule has 0 radical (unpaired) electrons. The van der Waals surface area contributed by atoms with Gasteiger partial charge in [0.05, 0.1) is 19.0 Å². The van der Waals surface area contributed by atoms with E-state index in [1.165, 1.54) is 6.33 Å². The van der Waals surface area contributed by atoms with E-state index < -0.39 is 0 Å². The Balaban J connectivity index is 1.80. The van der Waals surface area contributed by atoms with Crippen LogP contribution in [0.1, 0.15) is 26.0 Å². The molecule has 2 aromatic rings. The molecule has 1 fully saturated rings. The molecule has 7 heteroatoms. The van der Waals surface area contributed by atoms with Crippen molar-refractivity contribution >= 4 is 22.8 Å². The molecule has 0 aromatic carbocycles. The highest BCUT2D eigenvalue weighted by Crippen LogP contribution is 2.31. The fourth-order valence-corrected chi connectivity index (χ4v) is 2.47. The lowest BCUT2D eigenvalue weighted by atomic mass is 10.2. The van der Waals surface area contributed by atoms with E-state index in [-0.39, 0.29) is 12.3 Å². The molecular formula is C12H15ClN4O2. The van der Waals surface area contributed by atoms with Crippen molar-refractivity contribution in [1.29, 1.82) is 0 Å². The van der Waals surface area contributed by atoms with E-state index in [2.05, 4.69) is 15.0 Å². The van der Waals surface area contributed by atoms with Crippen LogP contribution in [0, 0.1) is 0 Å². The van der Waals surface area contributed by atoms with Crippen molar-refractivity contribution in [3.63, 3.8) is 0 Å². The third-order valence-electron chi connectivity index (χ3n) is 3.22. The largest absolute Gasteiger partial charge is 0.379 e. The number of halogens is 1. The van der Waals surface area contributed by atoms with E-state index in [1.807, 2.05) is 11.5 Å². The second kappa shape index (κ2) is 5.40. The minimum absolute atomic E-state index is 0.0542. The highest BCUT2D eigenvalue weighted by Gasteiger charge is 2.28. The van der Waals surface area contributed by atoms with Crippen molar-refractivity contribution in [3.8, 4) is 0 Å². The van der Waals surface area contributed by atoms with Crippen LogP contribution >= 0.6 is 11.6 Å². The molecule has 1 unspecified atom stereocenters. The molecule has 1 aliphatic rings. The Morgan fingerprint density at radius 2 is 2.32 bits per heavy atom. The second-order valence-electron chi connectivity index (χ2n) is 4.44. The molecule has 19 heavy (non-hydrogen) atoms. The number of rotatable bonds is 4. The maximum Gasteiger partial charge on any atom is 0.166 e. The molecule has 6 nitrogen and oxygen atoms in total. The molecule has 0 saturated carbocycles. The van der Waals surface area contributed by atoms with Crippen molar-refractivity contribution in [3.05, 3.63) is 17.8 Å². The second-order valence-corrected chi connectivity index (χ2v) is 4.80. The minimum Gasteiger partial charge on any atom is -0.379 e. The quantitative estimate of drug-likeness (QED) is 0.805. The first-order valence-electron chi connectivity index (χ1n) is 6.36.